The van der Waals surface area contributed by atoms with Gasteiger partial charge in [-0.3, -0.25) is 14.2 Å². The van der Waals surface area contributed by atoms with E-state index < -0.39 is 11.3 Å². The van der Waals surface area contributed by atoms with Crippen molar-refractivity contribution in [1.82, 2.24) is 4.57 Å². The lowest BCUT2D eigenvalue weighted by Gasteiger charge is -2.15. The molecule has 2 rings (SSSR count). The van der Waals surface area contributed by atoms with E-state index >= 15 is 0 Å². The van der Waals surface area contributed by atoms with Crippen LogP contribution in [-0.4, -0.2) is 15.5 Å². The molecule has 104 valence electrons. The van der Waals surface area contributed by atoms with E-state index in [-0.39, 0.29) is 11.3 Å². The third kappa shape index (κ3) is 2.23. The molecule has 2 aromatic rings. The molecule has 0 unspecified atom stereocenters. The summed E-state index contributed by atoms with van der Waals surface area (Å²) in [5.74, 6) is -0.767. The summed E-state index contributed by atoms with van der Waals surface area (Å²) in [6.45, 7) is 4.73. The van der Waals surface area contributed by atoms with Gasteiger partial charge >= 0.3 is 0 Å². The molecule has 0 aliphatic rings. The van der Waals surface area contributed by atoms with Crippen molar-refractivity contribution in [3.63, 3.8) is 0 Å². The van der Waals surface area contributed by atoms with E-state index in [1.807, 2.05) is 0 Å². The van der Waals surface area contributed by atoms with Gasteiger partial charge in [0.1, 0.15) is 11.3 Å². The molecule has 4 nitrogen and oxygen atoms in total. The molecule has 1 aromatic carbocycles. The highest BCUT2D eigenvalue weighted by molar-refractivity contribution is 6.31. The van der Waals surface area contributed by atoms with Gasteiger partial charge in [0.15, 0.2) is 5.78 Å². The normalized spacial score (nSPS) is 10.6. The van der Waals surface area contributed by atoms with Crippen LogP contribution in [0.2, 0.25) is 5.02 Å². The molecule has 0 aliphatic heterocycles. The molecule has 0 saturated carbocycles. The Morgan fingerprint density at radius 1 is 1.30 bits per heavy atom. The van der Waals surface area contributed by atoms with Crippen LogP contribution < -0.4 is 5.56 Å². The van der Waals surface area contributed by atoms with Gasteiger partial charge in [0.05, 0.1) is 5.69 Å². The number of aromatic hydroxyl groups is 1. The molecule has 0 saturated heterocycles. The first kappa shape index (κ1) is 14.3. The molecule has 0 spiro atoms. The largest absolute Gasteiger partial charge is 0.507 e. The van der Waals surface area contributed by atoms with Crippen molar-refractivity contribution < 1.29 is 9.90 Å². The number of hydrogen-bond acceptors (Lipinski definition) is 3. The van der Waals surface area contributed by atoms with Gasteiger partial charge in [-0.05, 0) is 38.5 Å². The summed E-state index contributed by atoms with van der Waals surface area (Å²) < 4.78 is 1.39. The quantitative estimate of drug-likeness (QED) is 0.865. The van der Waals surface area contributed by atoms with E-state index in [1.165, 1.54) is 17.6 Å². The minimum Gasteiger partial charge on any atom is -0.507 e. The Hall–Kier alpha value is -2.07. The fourth-order valence-corrected chi connectivity index (χ4v) is 2.35. The number of benzene rings is 1. The van der Waals surface area contributed by atoms with Crippen molar-refractivity contribution in [2.24, 2.45) is 0 Å². The highest BCUT2D eigenvalue weighted by Gasteiger charge is 2.18. The molecule has 1 aromatic heterocycles. The SMILES string of the molecule is CC(=O)c1c(O)cc(C)n(-c2cccc(Cl)c2C)c1=O. The predicted octanol–water partition coefficient (Wildman–Crippen LogP) is 3.02. The molecule has 20 heavy (non-hydrogen) atoms. The van der Waals surface area contributed by atoms with E-state index in [0.717, 1.165) is 5.56 Å². The van der Waals surface area contributed by atoms with E-state index in [0.29, 0.717) is 16.4 Å². The number of pyridine rings is 1. The second kappa shape index (κ2) is 5.13. The van der Waals surface area contributed by atoms with Crippen molar-refractivity contribution in [2.75, 3.05) is 0 Å². The van der Waals surface area contributed by atoms with Crippen molar-refractivity contribution >= 4 is 17.4 Å². The van der Waals surface area contributed by atoms with Crippen molar-refractivity contribution in [3.8, 4) is 11.4 Å². The molecule has 0 amide bonds. The molecule has 1 heterocycles. The minimum atomic E-state index is -0.541. The number of carbonyl (C=O) groups excluding carboxylic acids is 1. The average Bonchev–Trinajstić information content (AvgIpc) is 2.33. The molecular weight excluding hydrogens is 278 g/mol. The van der Waals surface area contributed by atoms with Gasteiger partial charge in [-0.25, -0.2) is 0 Å². The zero-order valence-corrected chi connectivity index (χ0v) is 12.2. The summed E-state index contributed by atoms with van der Waals surface area (Å²) in [5, 5.41) is 10.3. The van der Waals surface area contributed by atoms with Crippen molar-refractivity contribution in [2.45, 2.75) is 20.8 Å². The van der Waals surface area contributed by atoms with Crippen LogP contribution in [-0.2, 0) is 0 Å². The monoisotopic (exact) mass is 291 g/mol. The van der Waals surface area contributed by atoms with Crippen LogP contribution in [0.4, 0.5) is 0 Å². The van der Waals surface area contributed by atoms with Crippen LogP contribution in [0.5, 0.6) is 5.75 Å². The fourth-order valence-electron chi connectivity index (χ4n) is 2.18. The molecule has 5 heteroatoms. The van der Waals surface area contributed by atoms with E-state index in [9.17, 15) is 14.7 Å². The minimum absolute atomic E-state index is 0.213. The van der Waals surface area contributed by atoms with E-state index in [4.69, 9.17) is 11.6 Å². The van der Waals surface area contributed by atoms with Crippen LogP contribution in [0.1, 0.15) is 28.5 Å². The van der Waals surface area contributed by atoms with Gasteiger partial charge in [0.25, 0.3) is 5.56 Å². The highest BCUT2D eigenvalue weighted by Crippen LogP contribution is 2.24. The van der Waals surface area contributed by atoms with E-state index in [2.05, 4.69) is 0 Å². The summed E-state index contributed by atoms with van der Waals surface area (Å²) in [6, 6.07) is 6.61. The standard InChI is InChI=1S/C15H14ClNO3/c1-8-7-13(19)14(10(3)18)15(20)17(8)12-6-4-5-11(16)9(12)2/h4-7,19H,1-3H3. The summed E-state index contributed by atoms with van der Waals surface area (Å²) in [6.07, 6.45) is 0. The maximum absolute atomic E-state index is 12.5. The summed E-state index contributed by atoms with van der Waals surface area (Å²) in [7, 11) is 0. The van der Waals surface area contributed by atoms with Gasteiger partial charge in [-0.1, -0.05) is 17.7 Å². The highest BCUT2D eigenvalue weighted by atomic mass is 35.5. The summed E-state index contributed by atoms with van der Waals surface area (Å²) in [4.78, 5) is 24.0. The second-order valence-electron chi connectivity index (χ2n) is 4.63. The maximum atomic E-state index is 12.5. The van der Waals surface area contributed by atoms with Gasteiger partial charge in [-0.15, -0.1) is 0 Å². The Bertz CT molecular complexity index is 762. The number of aromatic nitrogens is 1. The maximum Gasteiger partial charge on any atom is 0.269 e. The molecule has 0 atom stereocenters. The van der Waals surface area contributed by atoms with Crippen LogP contribution in [0.25, 0.3) is 5.69 Å². The number of Topliss-reactive ketones (excluding diaryl/α,β-unsaturated/α-hetero) is 1. The lowest BCUT2D eigenvalue weighted by Crippen LogP contribution is -2.26. The predicted molar refractivity (Wildman–Crippen MR) is 78.2 cm³/mol. The number of rotatable bonds is 2. The summed E-state index contributed by atoms with van der Waals surface area (Å²) in [5.41, 5.74) is 1.11. The van der Waals surface area contributed by atoms with Gasteiger partial charge in [0.2, 0.25) is 0 Å². The molecular formula is C15H14ClNO3. The van der Waals surface area contributed by atoms with Crippen LogP contribution in [0.3, 0.4) is 0 Å². The molecule has 0 fully saturated rings. The Balaban J connectivity index is 2.88. The first-order valence-corrected chi connectivity index (χ1v) is 6.44. The smallest absolute Gasteiger partial charge is 0.269 e. The molecule has 0 bridgehead atoms. The van der Waals surface area contributed by atoms with E-state index in [1.54, 1.807) is 32.0 Å². The fraction of sp³-hybridized carbons (Fsp3) is 0.200. The average molecular weight is 292 g/mol. The number of carbonyl (C=O) groups is 1. The number of aryl methyl sites for hydroxylation is 1. The Labute approximate surface area is 121 Å². The van der Waals surface area contributed by atoms with Gasteiger partial charge < -0.3 is 5.11 Å². The van der Waals surface area contributed by atoms with Gasteiger partial charge in [-0.2, -0.15) is 0 Å². The lowest BCUT2D eigenvalue weighted by molar-refractivity contribution is 0.101. The van der Waals surface area contributed by atoms with Crippen LogP contribution in [0, 0.1) is 13.8 Å². The molecule has 0 aliphatic carbocycles. The van der Waals surface area contributed by atoms with Gasteiger partial charge in [0, 0.05) is 16.8 Å². The lowest BCUT2D eigenvalue weighted by atomic mass is 10.1. The Kier molecular flexibility index (Phi) is 3.68. The van der Waals surface area contributed by atoms with Crippen LogP contribution in [0.15, 0.2) is 29.1 Å². The summed E-state index contributed by atoms with van der Waals surface area (Å²) >= 11 is 6.07. The zero-order valence-electron chi connectivity index (χ0n) is 11.4. The van der Waals surface area contributed by atoms with Crippen molar-refractivity contribution in [3.05, 3.63) is 56.5 Å². The second-order valence-corrected chi connectivity index (χ2v) is 5.03. The number of hydrogen-bond donors (Lipinski definition) is 1. The third-order valence-corrected chi connectivity index (χ3v) is 3.61. The Morgan fingerprint density at radius 3 is 2.55 bits per heavy atom. The van der Waals surface area contributed by atoms with Crippen molar-refractivity contribution in [1.29, 1.82) is 0 Å². The Morgan fingerprint density at radius 2 is 1.95 bits per heavy atom. The third-order valence-electron chi connectivity index (χ3n) is 3.20. The van der Waals surface area contributed by atoms with Crippen LogP contribution >= 0.6 is 11.6 Å². The number of ketones is 1. The first-order valence-electron chi connectivity index (χ1n) is 6.06. The molecule has 1 N–H and O–H groups in total. The number of halogens is 1. The topological polar surface area (TPSA) is 59.3 Å². The number of nitrogens with zero attached hydrogens (tertiary/aromatic N) is 1. The molecule has 0 radical (unpaired) electrons. The first-order chi connectivity index (χ1) is 9.34. The zero-order chi connectivity index (χ0) is 15.0.